The predicted octanol–water partition coefficient (Wildman–Crippen LogP) is 3.39. The van der Waals surface area contributed by atoms with Crippen molar-refractivity contribution in [2.24, 2.45) is 0 Å². The number of benzene rings is 2. The van der Waals surface area contributed by atoms with E-state index in [0.29, 0.717) is 27.3 Å². The van der Waals surface area contributed by atoms with Crippen molar-refractivity contribution < 1.29 is 13.7 Å². The van der Waals surface area contributed by atoms with Crippen LogP contribution in [0.5, 0.6) is 0 Å². The van der Waals surface area contributed by atoms with Crippen molar-refractivity contribution in [3.63, 3.8) is 0 Å². The van der Waals surface area contributed by atoms with Gasteiger partial charge in [0.05, 0.1) is 23.2 Å². The fraction of sp³-hybridized carbons (Fsp3) is 0.0952. The maximum Gasteiger partial charge on any atom is 0.131 e. The zero-order valence-electron chi connectivity index (χ0n) is 13.9. The summed E-state index contributed by atoms with van der Waals surface area (Å²) in [6, 6.07) is 17.0. The first-order chi connectivity index (χ1) is 12.7. The number of aliphatic hydroxyl groups is 1. The number of hydrogen-bond donors (Lipinski definition) is 1. The highest BCUT2D eigenvalue weighted by Gasteiger charge is 2.08. The lowest BCUT2D eigenvalue weighted by Crippen LogP contribution is -2.01. The van der Waals surface area contributed by atoms with Crippen molar-refractivity contribution in [1.82, 2.24) is 4.98 Å². The van der Waals surface area contributed by atoms with E-state index in [1.165, 1.54) is 6.07 Å². The third kappa shape index (κ3) is 4.42. The molecule has 130 valence electrons. The Hall–Kier alpha value is -2.81. The Morgan fingerprint density at radius 3 is 2.54 bits per heavy atom. The van der Waals surface area contributed by atoms with Crippen molar-refractivity contribution in [3.8, 4) is 23.0 Å². The van der Waals surface area contributed by atoms with Crippen molar-refractivity contribution in [1.29, 1.82) is 0 Å². The molecule has 3 rings (SSSR count). The summed E-state index contributed by atoms with van der Waals surface area (Å²) in [6.07, 6.45) is 1.67. The highest BCUT2D eigenvalue weighted by Crippen LogP contribution is 2.25. The Balaban J connectivity index is 1.89. The van der Waals surface area contributed by atoms with E-state index < -0.39 is 10.8 Å². The monoisotopic (exact) mass is 365 g/mol. The Labute approximate surface area is 154 Å². The minimum Gasteiger partial charge on any atom is -0.395 e. The smallest absolute Gasteiger partial charge is 0.131 e. The molecule has 0 amide bonds. The second kappa shape index (κ2) is 8.52. The molecule has 0 radical (unpaired) electrons. The van der Waals surface area contributed by atoms with Crippen molar-refractivity contribution in [2.75, 3.05) is 12.4 Å². The maximum atomic E-state index is 14.2. The van der Waals surface area contributed by atoms with Crippen LogP contribution < -0.4 is 0 Å². The third-order valence-corrected chi connectivity index (χ3v) is 5.02. The molecule has 0 bridgehead atoms. The first-order valence-corrected chi connectivity index (χ1v) is 9.31. The van der Waals surface area contributed by atoms with E-state index in [0.717, 1.165) is 0 Å². The van der Waals surface area contributed by atoms with E-state index in [1.54, 1.807) is 42.6 Å². The summed E-state index contributed by atoms with van der Waals surface area (Å²) in [5, 5.41) is 8.87. The lowest BCUT2D eigenvalue weighted by atomic mass is 10.0. The number of nitrogens with zero attached hydrogens (tertiary/aromatic N) is 1. The fourth-order valence-electron chi connectivity index (χ4n) is 2.38. The van der Waals surface area contributed by atoms with Crippen LogP contribution in [0.3, 0.4) is 0 Å². The second-order valence-corrected chi connectivity index (χ2v) is 7.03. The number of aromatic nitrogens is 1. The summed E-state index contributed by atoms with van der Waals surface area (Å²) in [4.78, 5) is 4.74. The molecule has 0 saturated heterocycles. The molecule has 1 N–H and O–H groups in total. The molecule has 3 aromatic rings. The van der Waals surface area contributed by atoms with Crippen molar-refractivity contribution >= 4 is 10.8 Å². The Kier molecular flexibility index (Phi) is 5.90. The molecular formula is C21H16FNO2S. The van der Waals surface area contributed by atoms with Crippen LogP contribution in [0.2, 0.25) is 0 Å². The molecule has 0 aliphatic heterocycles. The second-order valence-electron chi connectivity index (χ2n) is 5.46. The molecule has 0 saturated carbocycles. The van der Waals surface area contributed by atoms with Gasteiger partial charge in [0.1, 0.15) is 11.5 Å². The summed E-state index contributed by atoms with van der Waals surface area (Å²) in [5.74, 6) is 5.78. The molecule has 26 heavy (non-hydrogen) atoms. The SMILES string of the molecule is O=S(CCO)c1ccc(-c2cc(C#Cc3ccccn3)ccc2F)cc1. The van der Waals surface area contributed by atoms with Crippen LogP contribution in [0.25, 0.3) is 11.1 Å². The molecule has 2 aromatic carbocycles. The average molecular weight is 365 g/mol. The van der Waals surface area contributed by atoms with Crippen LogP contribution in [0.4, 0.5) is 4.39 Å². The van der Waals surface area contributed by atoms with E-state index in [2.05, 4.69) is 16.8 Å². The van der Waals surface area contributed by atoms with E-state index in [9.17, 15) is 8.60 Å². The third-order valence-electron chi connectivity index (χ3n) is 3.67. The first-order valence-electron chi connectivity index (χ1n) is 7.99. The van der Waals surface area contributed by atoms with E-state index in [1.807, 2.05) is 18.2 Å². The molecule has 0 spiro atoms. The van der Waals surface area contributed by atoms with Gasteiger partial charge in [0.15, 0.2) is 0 Å². The lowest BCUT2D eigenvalue weighted by molar-refractivity contribution is 0.321. The molecule has 1 heterocycles. The molecule has 0 aliphatic rings. The van der Waals surface area contributed by atoms with Crippen LogP contribution in [-0.2, 0) is 10.8 Å². The normalized spacial score (nSPS) is 11.5. The highest BCUT2D eigenvalue weighted by atomic mass is 32.2. The van der Waals surface area contributed by atoms with Gasteiger partial charge in [-0.2, -0.15) is 0 Å². The summed E-state index contributed by atoms with van der Waals surface area (Å²) >= 11 is 0. The molecule has 1 unspecified atom stereocenters. The Bertz CT molecular complexity index is 976. The molecule has 1 atom stereocenters. The van der Waals surface area contributed by atoms with Gasteiger partial charge in [-0.15, -0.1) is 0 Å². The summed E-state index contributed by atoms with van der Waals surface area (Å²) in [5.41, 5.74) is 2.43. The standard InChI is InChI=1S/C21H16FNO2S/c22-21-11-5-16(4-8-18-3-1-2-12-23-18)15-20(21)17-6-9-19(10-7-17)26(25)14-13-24/h1-3,5-7,9-12,15,24H,13-14H2. The first kappa shape index (κ1) is 18.0. The van der Waals surface area contributed by atoms with Crippen molar-refractivity contribution in [3.05, 3.63) is 83.9 Å². The molecular weight excluding hydrogens is 349 g/mol. The Morgan fingerprint density at radius 2 is 1.85 bits per heavy atom. The molecule has 0 aliphatic carbocycles. The topological polar surface area (TPSA) is 50.2 Å². The van der Waals surface area contributed by atoms with Gasteiger partial charge in [0, 0.05) is 22.2 Å². The predicted molar refractivity (Wildman–Crippen MR) is 100 cm³/mol. The number of rotatable bonds is 4. The fourth-order valence-corrected chi connectivity index (χ4v) is 3.23. The van der Waals surface area contributed by atoms with Gasteiger partial charge in [0.2, 0.25) is 0 Å². The number of aliphatic hydroxyl groups excluding tert-OH is 1. The van der Waals surface area contributed by atoms with Gasteiger partial charge in [-0.1, -0.05) is 24.1 Å². The molecule has 5 heteroatoms. The van der Waals surface area contributed by atoms with Gasteiger partial charge in [-0.3, -0.25) is 4.21 Å². The molecule has 1 aromatic heterocycles. The van der Waals surface area contributed by atoms with Crippen LogP contribution in [0, 0.1) is 17.7 Å². The molecule has 3 nitrogen and oxygen atoms in total. The van der Waals surface area contributed by atoms with Crippen molar-refractivity contribution in [2.45, 2.75) is 4.90 Å². The van der Waals surface area contributed by atoms with Gasteiger partial charge in [-0.25, -0.2) is 9.37 Å². The average Bonchev–Trinajstić information content (AvgIpc) is 2.68. The lowest BCUT2D eigenvalue weighted by Gasteiger charge is -2.06. The van der Waals surface area contributed by atoms with E-state index in [4.69, 9.17) is 5.11 Å². The van der Waals surface area contributed by atoms with Gasteiger partial charge >= 0.3 is 0 Å². The zero-order chi connectivity index (χ0) is 18.4. The highest BCUT2D eigenvalue weighted by molar-refractivity contribution is 7.85. The van der Waals surface area contributed by atoms with E-state index in [-0.39, 0.29) is 18.2 Å². The van der Waals surface area contributed by atoms with Gasteiger partial charge in [0.25, 0.3) is 0 Å². The van der Waals surface area contributed by atoms with Crippen LogP contribution in [0.15, 0.2) is 71.8 Å². The summed E-state index contributed by atoms with van der Waals surface area (Å²) < 4.78 is 26.1. The summed E-state index contributed by atoms with van der Waals surface area (Å²) in [7, 11) is -1.26. The van der Waals surface area contributed by atoms with Crippen LogP contribution in [-0.4, -0.2) is 26.7 Å². The van der Waals surface area contributed by atoms with Gasteiger partial charge < -0.3 is 5.11 Å². The van der Waals surface area contributed by atoms with Gasteiger partial charge in [-0.05, 0) is 53.9 Å². The Morgan fingerprint density at radius 1 is 1.04 bits per heavy atom. The van der Waals surface area contributed by atoms with Crippen LogP contribution >= 0.6 is 0 Å². The van der Waals surface area contributed by atoms with E-state index >= 15 is 0 Å². The largest absolute Gasteiger partial charge is 0.395 e. The molecule has 0 fully saturated rings. The number of hydrogen-bond acceptors (Lipinski definition) is 3. The maximum absolute atomic E-state index is 14.2. The minimum absolute atomic E-state index is 0.139. The quantitative estimate of drug-likeness (QED) is 0.721. The summed E-state index contributed by atoms with van der Waals surface area (Å²) in [6.45, 7) is -0.139. The minimum atomic E-state index is -1.26. The zero-order valence-corrected chi connectivity index (χ0v) is 14.7. The number of halogens is 1. The number of pyridine rings is 1. The van der Waals surface area contributed by atoms with Crippen LogP contribution in [0.1, 0.15) is 11.3 Å².